The van der Waals surface area contributed by atoms with Crippen LogP contribution in [-0.4, -0.2) is 31.7 Å². The zero-order valence-corrected chi connectivity index (χ0v) is 9.81. The Morgan fingerprint density at radius 2 is 2.28 bits per heavy atom. The molecule has 2 heterocycles. The lowest BCUT2D eigenvalue weighted by molar-refractivity contribution is -0.120. The van der Waals surface area contributed by atoms with Crippen LogP contribution in [0.2, 0.25) is 0 Å². The predicted molar refractivity (Wildman–Crippen MR) is 67.5 cm³/mol. The Bertz CT molecular complexity index is 558. The minimum atomic E-state index is -0.299. The first-order valence-corrected chi connectivity index (χ1v) is 5.93. The van der Waals surface area contributed by atoms with Gasteiger partial charge in [-0.05, 0) is 12.1 Å². The second-order valence-corrected chi connectivity index (χ2v) is 4.22. The second-order valence-electron chi connectivity index (χ2n) is 4.22. The average Bonchev–Trinajstić information content (AvgIpc) is 2.83. The van der Waals surface area contributed by atoms with E-state index in [-0.39, 0.29) is 11.9 Å². The lowest BCUT2D eigenvalue weighted by Crippen LogP contribution is -2.48. The van der Waals surface area contributed by atoms with Gasteiger partial charge in [-0.25, -0.2) is 0 Å². The number of amides is 1. The van der Waals surface area contributed by atoms with Crippen LogP contribution in [0.4, 0.5) is 5.69 Å². The van der Waals surface area contributed by atoms with E-state index >= 15 is 0 Å². The van der Waals surface area contributed by atoms with Gasteiger partial charge in [0.2, 0.25) is 5.91 Å². The highest BCUT2D eigenvalue weighted by atomic mass is 16.5. The second kappa shape index (κ2) is 4.80. The van der Waals surface area contributed by atoms with Gasteiger partial charge in [0.05, 0.1) is 18.9 Å². The Kier molecular flexibility index (Phi) is 3.00. The molecule has 18 heavy (non-hydrogen) atoms. The number of carbonyl (C=O) groups excluding carboxylic acids is 1. The molecule has 5 nitrogen and oxygen atoms in total. The summed E-state index contributed by atoms with van der Waals surface area (Å²) in [6.07, 6.45) is 1.56. The fraction of sp³-hybridized carbons (Fsp3) is 0.308. The van der Waals surface area contributed by atoms with Gasteiger partial charge in [0, 0.05) is 11.9 Å². The van der Waals surface area contributed by atoms with Gasteiger partial charge in [0.15, 0.2) is 0 Å². The van der Waals surface area contributed by atoms with E-state index in [9.17, 15) is 4.79 Å². The zero-order chi connectivity index (χ0) is 12.4. The summed E-state index contributed by atoms with van der Waals surface area (Å²) in [6, 6.07) is 7.29. The molecule has 94 valence electrons. The first kappa shape index (κ1) is 11.3. The molecule has 1 aliphatic rings. The maximum Gasteiger partial charge on any atom is 0.244 e. The lowest BCUT2D eigenvalue weighted by atomic mass is 10.2. The number of carbonyl (C=O) groups is 1. The topological polar surface area (TPSA) is 63.5 Å². The number of nitrogens with one attached hydrogen (secondary N) is 2. The van der Waals surface area contributed by atoms with Crippen LogP contribution < -0.4 is 10.6 Å². The lowest BCUT2D eigenvalue weighted by Gasteiger charge is -2.22. The number of hydrogen-bond acceptors (Lipinski definition) is 4. The van der Waals surface area contributed by atoms with Crippen LogP contribution in [0.1, 0.15) is 0 Å². The Morgan fingerprint density at radius 1 is 1.39 bits per heavy atom. The molecule has 1 unspecified atom stereocenters. The number of morpholine rings is 1. The normalized spacial score (nSPS) is 19.9. The summed E-state index contributed by atoms with van der Waals surface area (Å²) < 4.78 is 10.6. The molecular formula is C13H14N2O3. The maximum atomic E-state index is 12.0. The molecule has 5 heteroatoms. The van der Waals surface area contributed by atoms with E-state index in [1.165, 1.54) is 0 Å². The van der Waals surface area contributed by atoms with Crippen molar-refractivity contribution in [1.29, 1.82) is 0 Å². The number of para-hydroxylation sites is 1. The third-order valence-electron chi connectivity index (χ3n) is 2.98. The maximum absolute atomic E-state index is 12.0. The van der Waals surface area contributed by atoms with Crippen LogP contribution in [0.3, 0.4) is 0 Å². The largest absolute Gasteiger partial charge is 0.462 e. The van der Waals surface area contributed by atoms with Crippen LogP contribution in [0.5, 0.6) is 0 Å². The van der Waals surface area contributed by atoms with Gasteiger partial charge in [0.1, 0.15) is 17.9 Å². The molecule has 3 rings (SSSR count). The molecule has 1 saturated heterocycles. The first-order valence-electron chi connectivity index (χ1n) is 5.93. The summed E-state index contributed by atoms with van der Waals surface area (Å²) in [5.41, 5.74) is 1.46. The predicted octanol–water partition coefficient (Wildman–Crippen LogP) is 1.36. The molecule has 1 atom stereocenters. The molecule has 0 bridgehead atoms. The Balaban J connectivity index is 1.77. The Hall–Kier alpha value is -1.85. The third-order valence-corrected chi connectivity index (χ3v) is 2.98. The monoisotopic (exact) mass is 246 g/mol. The van der Waals surface area contributed by atoms with E-state index in [0.717, 1.165) is 11.0 Å². The number of rotatable bonds is 2. The molecular weight excluding hydrogens is 232 g/mol. The highest BCUT2D eigenvalue weighted by Crippen LogP contribution is 2.25. The van der Waals surface area contributed by atoms with Gasteiger partial charge in [-0.3, -0.25) is 4.79 Å². The van der Waals surface area contributed by atoms with Crippen molar-refractivity contribution in [3.05, 3.63) is 30.5 Å². The first-order chi connectivity index (χ1) is 8.84. The van der Waals surface area contributed by atoms with Crippen molar-refractivity contribution in [2.75, 3.05) is 25.1 Å². The summed E-state index contributed by atoms with van der Waals surface area (Å²) in [4.78, 5) is 12.0. The van der Waals surface area contributed by atoms with Gasteiger partial charge in [-0.1, -0.05) is 12.1 Å². The van der Waals surface area contributed by atoms with E-state index in [4.69, 9.17) is 9.15 Å². The van der Waals surface area contributed by atoms with Crippen LogP contribution >= 0.6 is 0 Å². The molecule has 0 radical (unpaired) electrons. The minimum Gasteiger partial charge on any atom is -0.462 e. The van der Waals surface area contributed by atoms with Crippen molar-refractivity contribution >= 4 is 22.6 Å². The summed E-state index contributed by atoms with van der Waals surface area (Å²) in [7, 11) is 0. The van der Waals surface area contributed by atoms with Crippen molar-refractivity contribution in [2.45, 2.75) is 6.04 Å². The average molecular weight is 246 g/mol. The number of anilines is 1. The Labute approximate surface area is 104 Å². The van der Waals surface area contributed by atoms with E-state index in [0.29, 0.717) is 25.4 Å². The van der Waals surface area contributed by atoms with E-state index < -0.39 is 0 Å². The zero-order valence-electron chi connectivity index (χ0n) is 9.81. The number of fused-ring (bicyclic) bond motifs is 1. The highest BCUT2D eigenvalue weighted by molar-refractivity contribution is 6.02. The standard InChI is InChI=1S/C13H14N2O3/c16-13(11-7-17-6-5-14-11)15-10-8-18-12-4-2-1-3-9(10)12/h1-4,8,11,14H,5-7H2,(H,15,16). The highest BCUT2D eigenvalue weighted by Gasteiger charge is 2.22. The van der Waals surface area contributed by atoms with Gasteiger partial charge in [-0.2, -0.15) is 0 Å². The summed E-state index contributed by atoms with van der Waals surface area (Å²) in [5, 5.41) is 6.88. The molecule has 1 fully saturated rings. The van der Waals surface area contributed by atoms with Gasteiger partial charge in [-0.15, -0.1) is 0 Å². The molecule has 2 aromatic rings. The van der Waals surface area contributed by atoms with Crippen LogP contribution in [0, 0.1) is 0 Å². The van der Waals surface area contributed by atoms with Crippen molar-refractivity contribution in [3.8, 4) is 0 Å². The summed E-state index contributed by atoms with van der Waals surface area (Å²) in [5.74, 6) is -0.0961. The number of ether oxygens (including phenoxy) is 1. The molecule has 0 aliphatic carbocycles. The number of hydrogen-bond donors (Lipinski definition) is 2. The number of furan rings is 1. The third kappa shape index (κ3) is 2.10. The van der Waals surface area contributed by atoms with Crippen molar-refractivity contribution < 1.29 is 13.9 Å². The van der Waals surface area contributed by atoms with Crippen LogP contribution in [-0.2, 0) is 9.53 Å². The quantitative estimate of drug-likeness (QED) is 0.839. The van der Waals surface area contributed by atoms with Gasteiger partial charge < -0.3 is 19.8 Å². The minimum absolute atomic E-state index is 0.0961. The van der Waals surface area contributed by atoms with Gasteiger partial charge >= 0.3 is 0 Å². The molecule has 1 aromatic heterocycles. The van der Waals surface area contributed by atoms with E-state index in [2.05, 4.69) is 10.6 Å². The van der Waals surface area contributed by atoms with Crippen LogP contribution in [0.25, 0.3) is 11.0 Å². The summed E-state index contributed by atoms with van der Waals surface area (Å²) >= 11 is 0. The smallest absolute Gasteiger partial charge is 0.244 e. The molecule has 2 N–H and O–H groups in total. The van der Waals surface area contributed by atoms with Crippen molar-refractivity contribution in [2.24, 2.45) is 0 Å². The van der Waals surface area contributed by atoms with E-state index in [1.807, 2.05) is 24.3 Å². The molecule has 0 spiro atoms. The molecule has 1 amide bonds. The fourth-order valence-corrected chi connectivity index (χ4v) is 2.03. The van der Waals surface area contributed by atoms with E-state index in [1.54, 1.807) is 6.26 Å². The fourth-order valence-electron chi connectivity index (χ4n) is 2.03. The SMILES string of the molecule is O=C(Nc1coc2ccccc12)C1COCCN1. The molecule has 0 saturated carbocycles. The van der Waals surface area contributed by atoms with Crippen molar-refractivity contribution in [1.82, 2.24) is 5.32 Å². The summed E-state index contributed by atoms with van der Waals surface area (Å²) in [6.45, 7) is 1.75. The van der Waals surface area contributed by atoms with Crippen molar-refractivity contribution in [3.63, 3.8) is 0 Å². The number of benzene rings is 1. The van der Waals surface area contributed by atoms with Crippen LogP contribution in [0.15, 0.2) is 34.9 Å². The Morgan fingerprint density at radius 3 is 3.11 bits per heavy atom. The van der Waals surface area contributed by atoms with Gasteiger partial charge in [0.25, 0.3) is 0 Å². The molecule has 1 aliphatic heterocycles. The molecule has 1 aromatic carbocycles.